The summed E-state index contributed by atoms with van der Waals surface area (Å²) in [6.07, 6.45) is 66.5. The van der Waals surface area contributed by atoms with E-state index in [0.717, 1.165) is 57.1 Å². The van der Waals surface area contributed by atoms with E-state index in [4.69, 9.17) is 4.74 Å². The monoisotopic (exact) mass is 741 g/mol. The number of rotatable bonds is 5. The van der Waals surface area contributed by atoms with Crippen LogP contribution in [0, 0.1) is 35.5 Å². The topological polar surface area (TPSA) is 12.5 Å². The van der Waals surface area contributed by atoms with Crippen molar-refractivity contribution in [1.82, 2.24) is 4.90 Å². The fourth-order valence-electron chi connectivity index (χ4n) is 12.9. The number of allylic oxidation sites excluding steroid dienone is 26. The molecular formula is C55H51NO. The molecule has 12 rings (SSSR count). The van der Waals surface area contributed by atoms with Crippen molar-refractivity contribution in [2.24, 2.45) is 35.5 Å². The largest absolute Gasteiger partial charge is 0.485 e. The Balaban J connectivity index is 1.03. The number of fused-ring (bicyclic) bond motifs is 12. The molecule has 1 aromatic carbocycles. The third kappa shape index (κ3) is 5.08. The zero-order valence-electron chi connectivity index (χ0n) is 32.7. The first-order valence-corrected chi connectivity index (χ1v) is 21.9. The molecule has 1 heterocycles. The summed E-state index contributed by atoms with van der Waals surface area (Å²) in [6.45, 7) is 0. The molecule has 9 unspecified atom stereocenters. The molecule has 1 aromatic rings. The van der Waals surface area contributed by atoms with Crippen LogP contribution in [0.2, 0.25) is 0 Å². The fourth-order valence-corrected chi connectivity index (χ4v) is 12.9. The quantitative estimate of drug-likeness (QED) is 0.298. The van der Waals surface area contributed by atoms with Crippen molar-refractivity contribution in [3.63, 3.8) is 0 Å². The normalized spacial score (nSPS) is 35.6. The Kier molecular flexibility index (Phi) is 7.92. The van der Waals surface area contributed by atoms with Gasteiger partial charge in [0.1, 0.15) is 11.9 Å². The molecule has 1 aliphatic heterocycles. The molecule has 9 atom stereocenters. The highest BCUT2D eigenvalue weighted by Crippen LogP contribution is 2.70. The average Bonchev–Trinajstić information content (AvgIpc) is 3.91. The van der Waals surface area contributed by atoms with E-state index >= 15 is 0 Å². The second-order valence-electron chi connectivity index (χ2n) is 17.8. The molecule has 2 heteroatoms. The van der Waals surface area contributed by atoms with Gasteiger partial charge in [-0.25, -0.2) is 0 Å². The van der Waals surface area contributed by atoms with Gasteiger partial charge in [0.25, 0.3) is 0 Å². The summed E-state index contributed by atoms with van der Waals surface area (Å²) in [5.74, 6) is 3.68. The third-order valence-corrected chi connectivity index (χ3v) is 15.3. The van der Waals surface area contributed by atoms with Gasteiger partial charge in [0.05, 0.1) is 5.92 Å². The number of hydrogen-bond acceptors (Lipinski definition) is 2. The van der Waals surface area contributed by atoms with Crippen LogP contribution in [0.1, 0.15) is 74.0 Å². The van der Waals surface area contributed by atoms with Gasteiger partial charge in [-0.1, -0.05) is 145 Å². The van der Waals surface area contributed by atoms with Gasteiger partial charge in [0.15, 0.2) is 0 Å². The Morgan fingerprint density at radius 2 is 1.54 bits per heavy atom. The van der Waals surface area contributed by atoms with Crippen LogP contribution in [0.25, 0.3) is 5.57 Å². The molecule has 0 amide bonds. The molecule has 2 nitrogen and oxygen atoms in total. The van der Waals surface area contributed by atoms with E-state index in [9.17, 15) is 0 Å². The van der Waals surface area contributed by atoms with E-state index in [2.05, 4.69) is 169 Å². The molecular weight excluding hydrogens is 691 g/mol. The lowest BCUT2D eigenvalue weighted by Crippen LogP contribution is -2.43. The lowest BCUT2D eigenvalue weighted by Gasteiger charge is -2.45. The van der Waals surface area contributed by atoms with Gasteiger partial charge in [0, 0.05) is 46.2 Å². The number of ether oxygens (including phenoxy) is 1. The number of benzene rings is 1. The Labute approximate surface area is 338 Å². The fraction of sp³-hybridized carbons (Fsp3) is 0.309. The Morgan fingerprint density at radius 1 is 0.667 bits per heavy atom. The second-order valence-corrected chi connectivity index (χ2v) is 17.8. The van der Waals surface area contributed by atoms with Crippen molar-refractivity contribution in [1.29, 1.82) is 0 Å². The van der Waals surface area contributed by atoms with Gasteiger partial charge in [-0.2, -0.15) is 0 Å². The van der Waals surface area contributed by atoms with E-state index in [-0.39, 0.29) is 17.4 Å². The summed E-state index contributed by atoms with van der Waals surface area (Å²) in [5.41, 5.74) is 14.6. The maximum atomic E-state index is 6.70. The molecule has 1 spiro atoms. The molecule has 0 bridgehead atoms. The van der Waals surface area contributed by atoms with Crippen LogP contribution < -0.4 is 0 Å². The zero-order chi connectivity index (χ0) is 37.5. The average molecular weight is 742 g/mol. The van der Waals surface area contributed by atoms with Gasteiger partial charge < -0.3 is 9.64 Å². The van der Waals surface area contributed by atoms with Crippen molar-refractivity contribution in [2.75, 3.05) is 0 Å². The molecule has 57 heavy (non-hydrogen) atoms. The van der Waals surface area contributed by atoms with Crippen LogP contribution in [0.5, 0.6) is 0 Å². The van der Waals surface area contributed by atoms with Crippen molar-refractivity contribution < 1.29 is 4.74 Å². The van der Waals surface area contributed by atoms with Crippen LogP contribution in [0.15, 0.2) is 204 Å². The molecule has 0 saturated heterocycles. The summed E-state index contributed by atoms with van der Waals surface area (Å²) < 4.78 is 6.70. The van der Waals surface area contributed by atoms with Gasteiger partial charge in [-0.05, 0) is 121 Å². The number of nitrogens with zero attached hydrogens (tertiary/aromatic N) is 1. The highest BCUT2D eigenvalue weighted by Gasteiger charge is 2.65. The van der Waals surface area contributed by atoms with E-state index in [1.165, 1.54) is 39.4 Å². The van der Waals surface area contributed by atoms with Gasteiger partial charge in [-0.15, -0.1) is 0 Å². The van der Waals surface area contributed by atoms with Crippen molar-refractivity contribution in [2.45, 2.75) is 68.8 Å². The van der Waals surface area contributed by atoms with Crippen molar-refractivity contribution in [3.8, 4) is 0 Å². The van der Waals surface area contributed by atoms with Crippen molar-refractivity contribution in [3.05, 3.63) is 220 Å². The predicted octanol–water partition coefficient (Wildman–Crippen LogP) is 12.8. The molecule has 11 aliphatic rings. The summed E-state index contributed by atoms with van der Waals surface area (Å²) in [7, 11) is 0. The second kappa shape index (κ2) is 13.4. The molecule has 0 aromatic heterocycles. The molecule has 0 radical (unpaired) electrons. The minimum atomic E-state index is -0.0577. The summed E-state index contributed by atoms with van der Waals surface area (Å²) in [4.78, 5) is 2.66. The Hall–Kier alpha value is -5.34. The van der Waals surface area contributed by atoms with Crippen molar-refractivity contribution >= 4 is 5.57 Å². The Bertz CT molecular complexity index is 2450. The van der Waals surface area contributed by atoms with Crippen LogP contribution in [0.3, 0.4) is 0 Å². The first-order valence-electron chi connectivity index (χ1n) is 21.9. The van der Waals surface area contributed by atoms with E-state index in [0.29, 0.717) is 35.5 Å². The van der Waals surface area contributed by atoms with Crippen LogP contribution in [-0.4, -0.2) is 11.0 Å². The third-order valence-electron chi connectivity index (χ3n) is 15.3. The molecule has 282 valence electrons. The minimum Gasteiger partial charge on any atom is -0.485 e. The zero-order valence-corrected chi connectivity index (χ0v) is 32.7. The highest BCUT2D eigenvalue weighted by molar-refractivity contribution is 5.71. The maximum Gasteiger partial charge on any atom is 0.129 e. The molecule has 0 N–H and O–H groups in total. The van der Waals surface area contributed by atoms with Gasteiger partial charge in [0.2, 0.25) is 0 Å². The van der Waals surface area contributed by atoms with Gasteiger partial charge in [-0.3, -0.25) is 0 Å². The van der Waals surface area contributed by atoms with Crippen LogP contribution >= 0.6 is 0 Å². The van der Waals surface area contributed by atoms with Crippen LogP contribution in [-0.2, 0) is 10.2 Å². The maximum absolute atomic E-state index is 6.70. The summed E-state index contributed by atoms with van der Waals surface area (Å²) >= 11 is 0. The van der Waals surface area contributed by atoms with E-state index < -0.39 is 0 Å². The molecule has 1 fully saturated rings. The minimum absolute atomic E-state index is 0.0298. The molecule has 10 aliphatic carbocycles. The van der Waals surface area contributed by atoms with E-state index in [1.54, 1.807) is 16.7 Å². The first kappa shape index (κ1) is 33.8. The molecule has 1 saturated carbocycles. The lowest BCUT2D eigenvalue weighted by atomic mass is 9.58. The van der Waals surface area contributed by atoms with E-state index in [1.807, 2.05) is 0 Å². The first-order chi connectivity index (χ1) is 28.3. The summed E-state index contributed by atoms with van der Waals surface area (Å²) in [5, 5.41) is 0. The van der Waals surface area contributed by atoms with Crippen LogP contribution in [0.4, 0.5) is 0 Å². The standard InChI is InChI=1S/C55H51NO/c1-3-14-36(15-4-1)38-26-29-40(30-27-38)56(51-23-13-25-53-54(51)46-20-9-12-24-52(46)57-53)41-31-33-45-44-32-28-39(37-16-5-2-6-17-37)34-49(44)55(50(45)35-41)47-21-10-7-18-42(47)43-19-8-11-22-48(43)55/h1-3,5,7-8,10-14,16,18-19,21,23-26,28-35,38,42,45,47-48,50,53-54H,4,6,9,15,17,20,22,27H2. The van der Waals surface area contributed by atoms with Gasteiger partial charge >= 0.3 is 0 Å². The number of hydrogen-bond donors (Lipinski definition) is 0. The Morgan fingerprint density at radius 3 is 2.42 bits per heavy atom. The predicted molar refractivity (Wildman–Crippen MR) is 233 cm³/mol. The summed E-state index contributed by atoms with van der Waals surface area (Å²) in [6, 6.07) is 7.62. The highest BCUT2D eigenvalue weighted by atomic mass is 16.5. The SMILES string of the molecule is C1=CCCC(c2ccc3c(c2)C2(C4CC=CC=C4C4C=CC=CC42)C2C=C(N(C4=CCC(C5=CC=CCC5)C=C4)C4=CC=CC5OC6=C(CCC=C6)C45)C=CC32)=C1. The smallest absolute Gasteiger partial charge is 0.129 e. The lowest BCUT2D eigenvalue weighted by molar-refractivity contribution is 0.162.